The molecule has 0 saturated heterocycles. The molecule has 6 rings (SSSR count). The predicted octanol–water partition coefficient (Wildman–Crippen LogP) is 8.04. The molecule has 0 radical (unpaired) electrons. The summed E-state index contributed by atoms with van der Waals surface area (Å²) in [6, 6.07) is 5.93. The number of halogens is 8. The largest absolute Gasteiger partial charge is 2.00 e. The summed E-state index contributed by atoms with van der Waals surface area (Å²) in [4.78, 5) is 69.6. The van der Waals surface area contributed by atoms with Gasteiger partial charge < -0.3 is 40.1 Å². The van der Waals surface area contributed by atoms with Crippen LogP contribution in [0.4, 0.5) is 5.82 Å². The zero-order valence-electron chi connectivity index (χ0n) is 33.7. The number of nitrogens with one attached hydrogen (secondary N) is 1. The average molecular weight is 1060 g/mol. The first-order valence-corrected chi connectivity index (χ1v) is 20.7. The van der Waals surface area contributed by atoms with E-state index >= 15 is 0 Å². The molecule has 0 spiro atoms. The van der Waals surface area contributed by atoms with E-state index in [2.05, 4.69) is 32.2 Å². The number of nitrogens with zero attached hydrogens (tertiary/aromatic N) is 4. The number of pyridine rings is 4. The molecule has 61 heavy (non-hydrogen) atoms. The van der Waals surface area contributed by atoms with Crippen molar-refractivity contribution in [3.8, 4) is 0 Å². The summed E-state index contributed by atoms with van der Waals surface area (Å²) in [6.07, 6.45) is 11.1. The molecule has 2 aliphatic carbocycles. The van der Waals surface area contributed by atoms with Gasteiger partial charge >= 0.3 is 23.1 Å². The fourth-order valence-corrected chi connectivity index (χ4v) is 5.66. The van der Waals surface area contributed by atoms with Gasteiger partial charge in [0.15, 0.2) is 17.9 Å². The van der Waals surface area contributed by atoms with Crippen LogP contribution in [-0.4, -0.2) is 77.8 Å². The first-order chi connectivity index (χ1) is 27.9. The van der Waals surface area contributed by atoms with Crippen molar-refractivity contribution in [3.63, 3.8) is 0 Å². The number of aromatic nitrogens is 4. The molecule has 0 aliphatic heterocycles. The van der Waals surface area contributed by atoms with Crippen molar-refractivity contribution in [2.45, 2.75) is 78.7 Å². The molecule has 4 heterocycles. The van der Waals surface area contributed by atoms with Crippen molar-refractivity contribution in [1.82, 2.24) is 19.9 Å². The molecule has 0 aromatic carbocycles. The Hall–Kier alpha value is -2.21. The molecule has 1 atom stereocenters. The molecule has 2 amide bonds. The van der Waals surface area contributed by atoms with Crippen LogP contribution < -0.4 is 28.0 Å². The summed E-state index contributed by atoms with van der Waals surface area (Å²) in [5.41, 5.74) is 6.68. The van der Waals surface area contributed by atoms with E-state index in [0.717, 1.165) is 25.7 Å². The van der Waals surface area contributed by atoms with Gasteiger partial charge in [0.2, 0.25) is 11.8 Å². The number of aldehydes is 1. The van der Waals surface area contributed by atoms with Crippen molar-refractivity contribution in [3.05, 3.63) is 114 Å². The van der Waals surface area contributed by atoms with E-state index in [9.17, 15) is 29.1 Å². The van der Waals surface area contributed by atoms with E-state index in [1.165, 1.54) is 49.1 Å². The maximum absolute atomic E-state index is 11.5. The van der Waals surface area contributed by atoms with Gasteiger partial charge in [-0.05, 0) is 50.3 Å². The number of carbonyl (C=O) groups excluding carboxylic acids is 5. The predicted molar refractivity (Wildman–Crippen MR) is 242 cm³/mol. The van der Waals surface area contributed by atoms with Crippen LogP contribution in [0.2, 0.25) is 35.5 Å². The quantitative estimate of drug-likeness (QED) is 0.0460. The standard InChI is InChI=1S/C12H13ClN2O2.C8H9Cl2NO.C8H7Cl2NO.C6H3Cl2NO.C4H7NO.C2H5.BrH.Mg/c1-2-10(16)8-6-14-11(5-9(8)13)15-12(17)7-3-4-7;2*1-2-7(12)5-4-11-8(10)3-6(5)9;7-5-1-6(8)9-2-4(5)3-10;5-4(6)3-1-2-3;1-2;;/h5-7H,2-4H2,1H3,(H,14,15,17);3-4,7,12H,2H2,1H3;3-4H,2H2,1H3;1-3H;3H,1-2H2,(H2,5,6);1H2,2H3;1H;/q;;;;;-1;;+2/p-1. The number of amides is 2. The zero-order valence-corrected chi connectivity index (χ0v) is 42.0. The van der Waals surface area contributed by atoms with Gasteiger partial charge in [0.25, 0.3) is 0 Å². The summed E-state index contributed by atoms with van der Waals surface area (Å²) >= 11 is 39.7. The SMILES string of the molecule is CCC(=O)c1cnc(Cl)cc1Cl.CCC(=O)c1cnc(NC(=O)C2CC2)cc1Cl.CCC(O)c1cnc(Cl)cc1Cl.NC(=O)C1CC1.O=Cc1cnc(Cl)cc1Cl.[Br-].[CH2-]C.[Mg+2]. The third-order valence-corrected chi connectivity index (χ3v) is 9.57. The van der Waals surface area contributed by atoms with Crippen LogP contribution in [-0.2, 0) is 9.59 Å². The summed E-state index contributed by atoms with van der Waals surface area (Å²) in [5, 5.41) is 14.5. The first kappa shape index (κ1) is 60.9. The topological polar surface area (TPSA) is 195 Å². The van der Waals surface area contributed by atoms with Gasteiger partial charge in [-0.15, -0.1) is 0 Å². The molecule has 4 aromatic rings. The first-order valence-electron chi connectivity index (χ1n) is 18.0. The number of anilines is 1. The number of hydrogen-bond donors (Lipinski definition) is 3. The fourth-order valence-electron chi connectivity index (χ4n) is 4.03. The summed E-state index contributed by atoms with van der Waals surface area (Å²) in [5.74, 6) is 0.530. The summed E-state index contributed by atoms with van der Waals surface area (Å²) in [7, 11) is 0. The molecule has 4 N–H and O–H groups in total. The monoisotopic (exact) mass is 1050 g/mol. The number of primary amides is 1. The molecule has 0 bridgehead atoms. The second-order valence-corrected chi connectivity index (χ2v) is 14.9. The molecule has 2 saturated carbocycles. The van der Waals surface area contributed by atoms with Crippen LogP contribution in [0, 0.1) is 18.8 Å². The third kappa shape index (κ3) is 23.3. The van der Waals surface area contributed by atoms with Crippen molar-refractivity contribution >= 4 is 140 Å². The van der Waals surface area contributed by atoms with Gasteiger partial charge in [-0.3, -0.25) is 24.0 Å². The summed E-state index contributed by atoms with van der Waals surface area (Å²) < 4.78 is 0. The number of nitrogens with two attached hydrogens (primary N) is 1. The summed E-state index contributed by atoms with van der Waals surface area (Å²) in [6.45, 7) is 10.4. The Kier molecular flexibility index (Phi) is 32.4. The van der Waals surface area contributed by atoms with Crippen LogP contribution in [0.15, 0.2) is 49.1 Å². The van der Waals surface area contributed by atoms with Crippen LogP contribution in [0.5, 0.6) is 0 Å². The van der Waals surface area contributed by atoms with Crippen molar-refractivity contribution in [1.29, 1.82) is 0 Å². The van der Waals surface area contributed by atoms with Crippen molar-refractivity contribution in [2.24, 2.45) is 17.6 Å². The molecule has 1 unspecified atom stereocenters. The molecule has 2 aliphatic rings. The van der Waals surface area contributed by atoms with E-state index in [1.807, 2.05) is 6.92 Å². The van der Waals surface area contributed by atoms with E-state index in [0.29, 0.717) is 84.0 Å². The Balaban J connectivity index is 0. The Morgan fingerprint density at radius 1 is 0.721 bits per heavy atom. The van der Waals surface area contributed by atoms with Crippen molar-refractivity contribution < 1.29 is 46.1 Å². The van der Waals surface area contributed by atoms with E-state index in [4.69, 9.17) is 86.9 Å². The van der Waals surface area contributed by atoms with Gasteiger partial charge in [0.05, 0.1) is 42.9 Å². The number of carbonyl (C=O) groups is 5. The number of Topliss-reactive ketones (excluding diaryl/α,β-unsaturated/α-hetero) is 2. The minimum Gasteiger partial charge on any atom is -1.00 e. The number of aliphatic hydroxyl groups is 1. The van der Waals surface area contributed by atoms with Crippen molar-refractivity contribution in [2.75, 3.05) is 5.32 Å². The van der Waals surface area contributed by atoms with Gasteiger partial charge in [0.1, 0.15) is 21.3 Å². The molecule has 21 heteroatoms. The van der Waals surface area contributed by atoms with Crippen LogP contribution in [0.3, 0.4) is 0 Å². The van der Waals surface area contributed by atoms with E-state index in [1.54, 1.807) is 20.8 Å². The van der Waals surface area contributed by atoms with E-state index < -0.39 is 6.10 Å². The third-order valence-electron chi connectivity index (χ3n) is 7.67. The number of aliphatic hydroxyl groups excluding tert-OH is 1. The Morgan fingerprint density at radius 2 is 1.15 bits per heavy atom. The van der Waals surface area contributed by atoms with Crippen LogP contribution in [0.1, 0.15) is 115 Å². The smallest absolute Gasteiger partial charge is 1.00 e. The Morgan fingerprint density at radius 3 is 1.51 bits per heavy atom. The fraction of sp³-hybridized carbons (Fsp3) is 0.350. The van der Waals surface area contributed by atoms with Crippen LogP contribution in [0.25, 0.3) is 0 Å². The van der Waals surface area contributed by atoms with Gasteiger partial charge in [-0.25, -0.2) is 19.9 Å². The minimum absolute atomic E-state index is 0. The molecule has 328 valence electrons. The van der Waals surface area contributed by atoms with E-state index in [-0.39, 0.29) is 80.4 Å². The number of hydrogen-bond acceptors (Lipinski definition) is 10. The maximum atomic E-state index is 11.5. The maximum Gasteiger partial charge on any atom is 2.00 e. The normalized spacial score (nSPS) is 12.2. The number of rotatable bonds is 10. The molecular formula is C40H44BrCl7MgN6O6. The average Bonchev–Trinajstić information content (AvgIpc) is 4.13. The minimum atomic E-state index is -0.553. The molecular weight excluding hydrogens is 1010 g/mol. The Labute approximate surface area is 417 Å². The van der Waals surface area contributed by atoms with Crippen LogP contribution >= 0.6 is 81.2 Å². The van der Waals surface area contributed by atoms with Gasteiger partial charge in [0, 0.05) is 61.1 Å². The molecule has 2 fully saturated rings. The van der Waals surface area contributed by atoms with Gasteiger partial charge in [-0.2, -0.15) is 6.92 Å². The number of ketones is 2. The second kappa shape index (κ2) is 32.4. The Bertz CT molecular complexity index is 2050. The molecule has 4 aromatic heterocycles. The van der Waals surface area contributed by atoms with Gasteiger partial charge in [-0.1, -0.05) is 102 Å². The molecule has 12 nitrogen and oxygen atoms in total. The zero-order chi connectivity index (χ0) is 44.8. The second-order valence-electron chi connectivity index (χ2n) is 12.1.